The number of carbonyl (C=O) groups excluding carboxylic acids is 2. The fourth-order valence-corrected chi connectivity index (χ4v) is 4.02. The Morgan fingerprint density at radius 3 is 2.16 bits per heavy atom. The smallest absolute Gasteiger partial charge is 0.410 e. The van der Waals surface area contributed by atoms with Crippen LogP contribution in [-0.4, -0.2) is 34.5 Å². The maximum Gasteiger partial charge on any atom is 0.410 e. The van der Waals surface area contributed by atoms with Crippen molar-refractivity contribution in [3.63, 3.8) is 0 Å². The normalized spacial score (nSPS) is 25.6. The van der Waals surface area contributed by atoms with Gasteiger partial charge in [0.25, 0.3) is 0 Å². The van der Waals surface area contributed by atoms with Gasteiger partial charge in [-0.1, -0.05) is 36.9 Å². The largest absolute Gasteiger partial charge is 0.444 e. The van der Waals surface area contributed by atoms with Gasteiger partial charge in [-0.3, -0.25) is 4.79 Å². The van der Waals surface area contributed by atoms with Crippen LogP contribution in [0.4, 0.5) is 4.79 Å². The summed E-state index contributed by atoms with van der Waals surface area (Å²) in [5.41, 5.74) is 1.27. The number of piperidine rings is 1. The second-order valence-corrected chi connectivity index (χ2v) is 8.13. The first-order valence-corrected chi connectivity index (χ1v) is 9.06. The first kappa shape index (κ1) is 17.7. The zero-order chi connectivity index (χ0) is 18.2. The van der Waals surface area contributed by atoms with E-state index in [1.54, 1.807) is 6.08 Å². The summed E-state index contributed by atoms with van der Waals surface area (Å²) in [6, 6.07) is 7.84. The van der Waals surface area contributed by atoms with Gasteiger partial charge < -0.3 is 9.64 Å². The van der Waals surface area contributed by atoms with Crippen molar-refractivity contribution in [1.82, 2.24) is 4.90 Å². The van der Waals surface area contributed by atoms with Crippen LogP contribution < -0.4 is 0 Å². The van der Waals surface area contributed by atoms with Crippen LogP contribution in [0.3, 0.4) is 0 Å². The number of fused-ring (bicyclic) bond motifs is 2. The van der Waals surface area contributed by atoms with Gasteiger partial charge in [0, 0.05) is 23.6 Å². The summed E-state index contributed by atoms with van der Waals surface area (Å²) in [5.74, 6) is 0.183. The lowest BCUT2D eigenvalue weighted by atomic mass is 9.85. The highest BCUT2D eigenvalue weighted by atomic mass is 16.6. The Bertz CT molecular complexity index is 657. The first-order chi connectivity index (χ1) is 11.8. The number of benzene rings is 1. The van der Waals surface area contributed by atoms with Gasteiger partial charge in [0.1, 0.15) is 5.60 Å². The fourth-order valence-electron chi connectivity index (χ4n) is 4.02. The Morgan fingerprint density at radius 2 is 1.68 bits per heavy atom. The number of carbonyl (C=O) groups is 2. The molecule has 2 unspecified atom stereocenters. The van der Waals surface area contributed by atoms with Crippen molar-refractivity contribution in [1.29, 1.82) is 0 Å². The molecule has 0 spiro atoms. The number of ether oxygens (including phenoxy) is 1. The number of nitrogens with zero attached hydrogens (tertiary/aromatic N) is 1. The molecule has 4 heteroatoms. The highest BCUT2D eigenvalue weighted by Crippen LogP contribution is 2.40. The predicted octanol–water partition coefficient (Wildman–Crippen LogP) is 4.69. The van der Waals surface area contributed by atoms with E-state index in [0.29, 0.717) is 0 Å². The monoisotopic (exact) mass is 341 g/mol. The fraction of sp³-hybridized carbons (Fsp3) is 0.524. The zero-order valence-electron chi connectivity index (χ0n) is 15.3. The van der Waals surface area contributed by atoms with Crippen molar-refractivity contribution in [2.24, 2.45) is 5.92 Å². The van der Waals surface area contributed by atoms with Crippen LogP contribution in [0.25, 0.3) is 6.08 Å². The molecule has 1 aromatic rings. The second-order valence-electron chi connectivity index (χ2n) is 8.13. The van der Waals surface area contributed by atoms with E-state index in [1.165, 1.54) is 0 Å². The Balaban J connectivity index is 1.69. The van der Waals surface area contributed by atoms with Crippen molar-refractivity contribution in [2.45, 2.75) is 64.1 Å². The van der Waals surface area contributed by atoms with Crippen LogP contribution in [0.1, 0.15) is 62.4 Å². The van der Waals surface area contributed by atoms with E-state index in [9.17, 15) is 9.59 Å². The lowest BCUT2D eigenvalue weighted by Gasteiger charge is -2.39. The Morgan fingerprint density at radius 1 is 1.12 bits per heavy atom. The maximum absolute atomic E-state index is 12.9. The number of ketones is 1. The number of hydrogen-bond donors (Lipinski definition) is 0. The van der Waals surface area contributed by atoms with Gasteiger partial charge in [0.15, 0.2) is 5.78 Å². The average molecular weight is 341 g/mol. The van der Waals surface area contributed by atoms with Crippen molar-refractivity contribution < 1.29 is 14.3 Å². The summed E-state index contributed by atoms with van der Waals surface area (Å²) in [4.78, 5) is 27.2. The molecular formula is C21H27NO3. The molecule has 2 saturated heterocycles. The predicted molar refractivity (Wildman–Crippen MR) is 98.5 cm³/mol. The van der Waals surface area contributed by atoms with E-state index in [0.717, 1.165) is 36.8 Å². The number of amides is 1. The topological polar surface area (TPSA) is 46.6 Å². The number of rotatable bonds is 3. The molecule has 2 aliphatic heterocycles. The van der Waals surface area contributed by atoms with Crippen LogP contribution in [-0.2, 0) is 4.74 Å². The lowest BCUT2D eigenvalue weighted by molar-refractivity contribution is 0.00254. The van der Waals surface area contributed by atoms with Gasteiger partial charge in [-0.25, -0.2) is 4.79 Å². The highest BCUT2D eigenvalue weighted by Gasteiger charge is 2.46. The standard InChI is InChI=1S/C21H27NO3/c1-5-14-6-8-15(9-7-14)19(23)16-12-17-10-11-18(13-16)22(17)20(24)25-21(2,3)4/h5-9,16-18H,1,10-13H2,2-4H3. The molecule has 2 bridgehead atoms. The summed E-state index contributed by atoms with van der Waals surface area (Å²) in [5, 5.41) is 0. The van der Waals surface area contributed by atoms with Gasteiger partial charge in [-0.2, -0.15) is 0 Å². The number of hydrogen-bond acceptors (Lipinski definition) is 3. The molecule has 1 aromatic carbocycles. The molecule has 0 aromatic heterocycles. The van der Waals surface area contributed by atoms with E-state index in [2.05, 4.69) is 6.58 Å². The number of Topliss-reactive ketones (excluding diaryl/α,β-unsaturated/α-hetero) is 1. The van der Waals surface area contributed by atoms with E-state index in [1.807, 2.05) is 49.9 Å². The Hall–Kier alpha value is -2.10. The van der Waals surface area contributed by atoms with Gasteiger partial charge in [0.2, 0.25) is 0 Å². The van der Waals surface area contributed by atoms with Crippen molar-refractivity contribution in [3.8, 4) is 0 Å². The van der Waals surface area contributed by atoms with Crippen molar-refractivity contribution in [2.75, 3.05) is 0 Å². The molecule has 0 N–H and O–H groups in total. The maximum atomic E-state index is 12.9. The summed E-state index contributed by atoms with van der Waals surface area (Å²) in [6.45, 7) is 9.39. The van der Waals surface area contributed by atoms with E-state index in [4.69, 9.17) is 4.74 Å². The Labute approximate surface area is 149 Å². The molecule has 2 aliphatic rings. The summed E-state index contributed by atoms with van der Waals surface area (Å²) in [6.07, 6.45) is 4.93. The van der Waals surface area contributed by atoms with Gasteiger partial charge in [-0.05, 0) is 52.0 Å². The lowest BCUT2D eigenvalue weighted by Crippen LogP contribution is -2.49. The first-order valence-electron chi connectivity index (χ1n) is 9.06. The van der Waals surface area contributed by atoms with Crippen LogP contribution in [0.5, 0.6) is 0 Å². The summed E-state index contributed by atoms with van der Waals surface area (Å²) >= 11 is 0. The average Bonchev–Trinajstić information content (AvgIpc) is 2.83. The molecule has 2 heterocycles. The molecule has 3 rings (SSSR count). The van der Waals surface area contributed by atoms with Crippen molar-refractivity contribution >= 4 is 18.0 Å². The molecule has 2 fully saturated rings. The molecule has 1 amide bonds. The van der Waals surface area contributed by atoms with Crippen LogP contribution >= 0.6 is 0 Å². The third-order valence-electron chi connectivity index (χ3n) is 5.14. The molecule has 25 heavy (non-hydrogen) atoms. The van der Waals surface area contributed by atoms with Gasteiger partial charge >= 0.3 is 6.09 Å². The summed E-state index contributed by atoms with van der Waals surface area (Å²) < 4.78 is 5.56. The second kappa shape index (κ2) is 6.66. The molecule has 4 nitrogen and oxygen atoms in total. The van der Waals surface area contributed by atoms with Crippen LogP contribution in [0.15, 0.2) is 30.8 Å². The molecule has 0 aliphatic carbocycles. The third kappa shape index (κ3) is 3.78. The van der Waals surface area contributed by atoms with E-state index >= 15 is 0 Å². The van der Waals surface area contributed by atoms with Crippen molar-refractivity contribution in [3.05, 3.63) is 42.0 Å². The summed E-state index contributed by atoms with van der Waals surface area (Å²) in [7, 11) is 0. The molecule has 0 radical (unpaired) electrons. The van der Waals surface area contributed by atoms with Gasteiger partial charge in [0.05, 0.1) is 0 Å². The highest BCUT2D eigenvalue weighted by molar-refractivity contribution is 5.98. The van der Waals surface area contributed by atoms with Gasteiger partial charge in [-0.15, -0.1) is 0 Å². The molecule has 134 valence electrons. The molecule has 2 atom stereocenters. The minimum atomic E-state index is -0.490. The van der Waals surface area contributed by atoms with Crippen LogP contribution in [0.2, 0.25) is 0 Å². The minimum absolute atomic E-state index is 0.00855. The zero-order valence-corrected chi connectivity index (χ0v) is 15.3. The van der Waals surface area contributed by atoms with Crippen LogP contribution in [0, 0.1) is 5.92 Å². The molecular weight excluding hydrogens is 314 g/mol. The SMILES string of the molecule is C=Cc1ccc(C(=O)C2CC3CCC(C2)N3C(=O)OC(C)(C)C)cc1. The molecule has 0 saturated carbocycles. The third-order valence-corrected chi connectivity index (χ3v) is 5.14. The quantitative estimate of drug-likeness (QED) is 0.749. The van der Waals surface area contributed by atoms with E-state index < -0.39 is 5.60 Å². The Kier molecular flexibility index (Phi) is 4.72. The minimum Gasteiger partial charge on any atom is -0.444 e. The van der Waals surface area contributed by atoms with E-state index in [-0.39, 0.29) is 29.9 Å².